The molecule has 28 heavy (non-hydrogen) atoms. The minimum Gasteiger partial charge on any atom is -0.355 e. The van der Waals surface area contributed by atoms with Crippen molar-refractivity contribution in [3.8, 4) is 0 Å². The molecule has 0 bridgehead atoms. The Kier molecular flexibility index (Phi) is 6.41. The van der Waals surface area contributed by atoms with Gasteiger partial charge in [-0.15, -0.1) is 11.3 Å². The van der Waals surface area contributed by atoms with Crippen LogP contribution in [0.5, 0.6) is 0 Å². The zero-order valence-corrected chi connectivity index (χ0v) is 18.2. The normalized spacial score (nSPS) is 20.0. The van der Waals surface area contributed by atoms with Crippen LogP contribution in [0.3, 0.4) is 0 Å². The van der Waals surface area contributed by atoms with Crippen molar-refractivity contribution in [3.05, 3.63) is 20.8 Å². The molecule has 0 radical (unpaired) electrons. The summed E-state index contributed by atoms with van der Waals surface area (Å²) in [7, 11) is 0. The fraction of sp³-hybridized carbons (Fsp3) is 0.667. The molecule has 1 aliphatic heterocycles. The highest BCUT2D eigenvalue weighted by atomic mass is 32.2. The number of aromatic nitrogens is 2. The summed E-state index contributed by atoms with van der Waals surface area (Å²) in [4.78, 5) is 33.1. The topological polar surface area (TPSA) is 64.0 Å². The van der Waals surface area contributed by atoms with E-state index >= 15 is 0 Å². The predicted octanol–water partition coefficient (Wildman–Crippen LogP) is 4.29. The SMILES string of the molecule is CCCCCn1c(SC2CCCCNC2=O)nc2sc3c(c2c1=O)CCCC3. The molecule has 1 amide bonds. The van der Waals surface area contributed by atoms with Gasteiger partial charge in [0.2, 0.25) is 5.91 Å². The van der Waals surface area contributed by atoms with Gasteiger partial charge in [-0.05, 0) is 50.5 Å². The van der Waals surface area contributed by atoms with Crippen LogP contribution in [0, 0.1) is 0 Å². The van der Waals surface area contributed by atoms with Crippen LogP contribution in [-0.4, -0.2) is 27.3 Å². The van der Waals surface area contributed by atoms with E-state index < -0.39 is 0 Å². The molecule has 4 rings (SSSR count). The third-order valence-corrected chi connectivity index (χ3v) is 8.20. The molecule has 1 aliphatic carbocycles. The van der Waals surface area contributed by atoms with Gasteiger partial charge in [0.05, 0.1) is 10.6 Å². The van der Waals surface area contributed by atoms with Gasteiger partial charge in [0.1, 0.15) is 4.83 Å². The first-order valence-electron chi connectivity index (χ1n) is 10.7. The fourth-order valence-corrected chi connectivity index (χ4v) is 6.66. The predicted molar refractivity (Wildman–Crippen MR) is 117 cm³/mol. The maximum atomic E-state index is 13.5. The molecule has 1 saturated heterocycles. The van der Waals surface area contributed by atoms with Gasteiger partial charge in [0.25, 0.3) is 5.56 Å². The Balaban J connectivity index is 1.75. The molecule has 152 valence electrons. The van der Waals surface area contributed by atoms with E-state index in [9.17, 15) is 9.59 Å². The van der Waals surface area contributed by atoms with Crippen molar-refractivity contribution >= 4 is 39.2 Å². The Morgan fingerprint density at radius 3 is 2.89 bits per heavy atom. The lowest BCUT2D eigenvalue weighted by Gasteiger charge is -2.17. The molecule has 1 atom stereocenters. The standard InChI is InChI=1S/C21H29N3O2S2/c1-2-3-8-13-24-20(26)17-14-9-4-5-10-15(14)27-19(17)23-21(24)28-16-11-6-7-12-22-18(16)25/h16H,2-13H2,1H3,(H,22,25). The molecular formula is C21H29N3O2S2. The Morgan fingerprint density at radius 2 is 2.04 bits per heavy atom. The Bertz CT molecular complexity index is 918. The number of thiophene rings is 1. The lowest BCUT2D eigenvalue weighted by Crippen LogP contribution is -2.32. The van der Waals surface area contributed by atoms with Gasteiger partial charge in [-0.25, -0.2) is 4.98 Å². The van der Waals surface area contributed by atoms with Crippen molar-refractivity contribution < 1.29 is 4.79 Å². The molecule has 2 aliphatic rings. The summed E-state index contributed by atoms with van der Waals surface area (Å²) in [5, 5.41) is 4.44. The summed E-state index contributed by atoms with van der Waals surface area (Å²) in [6.45, 7) is 3.62. The first-order valence-corrected chi connectivity index (χ1v) is 12.4. The fourth-order valence-electron chi connectivity index (χ4n) is 4.18. The van der Waals surface area contributed by atoms with Crippen molar-refractivity contribution in [1.29, 1.82) is 0 Å². The van der Waals surface area contributed by atoms with E-state index in [1.54, 1.807) is 11.3 Å². The molecule has 0 saturated carbocycles. The van der Waals surface area contributed by atoms with Gasteiger partial charge >= 0.3 is 0 Å². The highest BCUT2D eigenvalue weighted by Crippen LogP contribution is 2.35. The second-order valence-electron chi connectivity index (χ2n) is 7.84. The first-order chi connectivity index (χ1) is 13.7. The molecule has 1 N–H and O–H groups in total. The highest BCUT2D eigenvalue weighted by molar-refractivity contribution is 8.00. The number of carbonyl (C=O) groups is 1. The van der Waals surface area contributed by atoms with Crippen LogP contribution in [0.4, 0.5) is 0 Å². The number of nitrogens with one attached hydrogen (secondary N) is 1. The molecule has 0 spiro atoms. The van der Waals surface area contributed by atoms with E-state index in [0.717, 1.165) is 79.7 Å². The highest BCUT2D eigenvalue weighted by Gasteiger charge is 2.26. The largest absolute Gasteiger partial charge is 0.355 e. The molecule has 1 fully saturated rings. The minimum absolute atomic E-state index is 0.0856. The van der Waals surface area contributed by atoms with Crippen molar-refractivity contribution in [2.45, 2.75) is 88.1 Å². The lowest BCUT2D eigenvalue weighted by atomic mass is 9.97. The number of rotatable bonds is 6. The quantitative estimate of drug-likeness (QED) is 0.560. The summed E-state index contributed by atoms with van der Waals surface area (Å²) in [5.74, 6) is 0.0856. The Morgan fingerprint density at radius 1 is 1.18 bits per heavy atom. The molecule has 7 heteroatoms. The van der Waals surface area contributed by atoms with Gasteiger partial charge in [-0.1, -0.05) is 37.9 Å². The zero-order valence-electron chi connectivity index (χ0n) is 16.6. The number of amides is 1. The van der Waals surface area contributed by atoms with E-state index in [0.29, 0.717) is 6.54 Å². The number of fused-ring (bicyclic) bond motifs is 3. The summed E-state index contributed by atoms with van der Waals surface area (Å²) in [5.41, 5.74) is 1.36. The summed E-state index contributed by atoms with van der Waals surface area (Å²) >= 11 is 3.19. The number of nitrogens with zero attached hydrogens (tertiary/aromatic N) is 2. The van der Waals surface area contributed by atoms with Gasteiger partial charge in [0, 0.05) is 18.0 Å². The Labute approximate surface area is 174 Å². The second-order valence-corrected chi connectivity index (χ2v) is 10.1. The molecule has 5 nitrogen and oxygen atoms in total. The van der Waals surface area contributed by atoms with Gasteiger partial charge < -0.3 is 5.32 Å². The maximum Gasteiger partial charge on any atom is 0.263 e. The monoisotopic (exact) mass is 419 g/mol. The second kappa shape index (κ2) is 8.99. The van der Waals surface area contributed by atoms with E-state index in [2.05, 4.69) is 12.2 Å². The molecule has 3 heterocycles. The van der Waals surface area contributed by atoms with Crippen LogP contribution in [0.15, 0.2) is 9.95 Å². The van der Waals surface area contributed by atoms with Crippen LogP contribution in [0.25, 0.3) is 10.2 Å². The van der Waals surface area contributed by atoms with E-state index in [-0.39, 0.29) is 16.7 Å². The van der Waals surface area contributed by atoms with E-state index in [4.69, 9.17) is 4.98 Å². The molecule has 1 unspecified atom stereocenters. The number of hydrogen-bond donors (Lipinski definition) is 1. The van der Waals surface area contributed by atoms with Crippen LogP contribution in [-0.2, 0) is 24.2 Å². The third-order valence-electron chi connectivity index (χ3n) is 5.76. The lowest BCUT2D eigenvalue weighted by molar-refractivity contribution is -0.120. The number of thioether (sulfide) groups is 1. The number of carbonyl (C=O) groups excluding carboxylic acids is 1. The number of hydrogen-bond acceptors (Lipinski definition) is 5. The first kappa shape index (κ1) is 20.0. The average Bonchev–Trinajstić information content (AvgIpc) is 2.95. The van der Waals surface area contributed by atoms with Crippen molar-refractivity contribution in [3.63, 3.8) is 0 Å². The van der Waals surface area contributed by atoms with E-state index in [1.165, 1.54) is 28.6 Å². The molecule has 2 aromatic rings. The van der Waals surface area contributed by atoms with Crippen LogP contribution in [0.2, 0.25) is 0 Å². The number of aryl methyl sites for hydroxylation is 2. The van der Waals surface area contributed by atoms with Crippen LogP contribution in [0.1, 0.15) is 68.7 Å². The van der Waals surface area contributed by atoms with Crippen LogP contribution < -0.4 is 10.9 Å². The summed E-state index contributed by atoms with van der Waals surface area (Å²) < 4.78 is 1.86. The van der Waals surface area contributed by atoms with Crippen molar-refractivity contribution in [2.75, 3.05) is 6.54 Å². The van der Waals surface area contributed by atoms with E-state index in [1.807, 2.05) is 4.57 Å². The maximum absolute atomic E-state index is 13.5. The van der Waals surface area contributed by atoms with Crippen molar-refractivity contribution in [2.24, 2.45) is 0 Å². The van der Waals surface area contributed by atoms with Gasteiger partial charge in [0.15, 0.2) is 5.16 Å². The molecule has 0 aromatic carbocycles. The van der Waals surface area contributed by atoms with Crippen LogP contribution >= 0.6 is 23.1 Å². The number of unbranched alkanes of at least 4 members (excludes halogenated alkanes) is 2. The smallest absolute Gasteiger partial charge is 0.263 e. The molecular weight excluding hydrogens is 390 g/mol. The summed E-state index contributed by atoms with van der Waals surface area (Å²) in [6, 6.07) is 0. The van der Waals surface area contributed by atoms with Gasteiger partial charge in [-0.3, -0.25) is 14.2 Å². The Hall–Kier alpha value is -1.34. The summed E-state index contributed by atoms with van der Waals surface area (Å²) in [6.07, 6.45) is 10.5. The van der Waals surface area contributed by atoms with Gasteiger partial charge in [-0.2, -0.15) is 0 Å². The third kappa shape index (κ3) is 4.01. The zero-order chi connectivity index (χ0) is 19.5. The van der Waals surface area contributed by atoms with Crippen molar-refractivity contribution in [1.82, 2.24) is 14.9 Å². The molecule has 2 aromatic heterocycles. The average molecular weight is 420 g/mol. The minimum atomic E-state index is -0.154.